The molecule has 2 aliphatic rings. The molecular formula is C33H48N4O3. The van der Waals surface area contributed by atoms with E-state index in [-0.39, 0.29) is 11.8 Å². The molecule has 2 aromatic rings. The normalized spacial score (nSPS) is 21.2. The summed E-state index contributed by atoms with van der Waals surface area (Å²) in [6.45, 7) is 10.8. The smallest absolute Gasteiger partial charge is 0.251 e. The molecule has 0 spiro atoms. The molecule has 1 heterocycles. The van der Waals surface area contributed by atoms with Gasteiger partial charge in [0.05, 0.1) is 12.1 Å². The summed E-state index contributed by atoms with van der Waals surface area (Å²) in [5, 5.41) is 21.4. The zero-order valence-electron chi connectivity index (χ0n) is 24.7. The van der Waals surface area contributed by atoms with Gasteiger partial charge in [0.2, 0.25) is 5.91 Å². The van der Waals surface area contributed by atoms with E-state index in [1.165, 1.54) is 12.8 Å². The minimum absolute atomic E-state index is 0.0833. The van der Waals surface area contributed by atoms with Gasteiger partial charge in [0.1, 0.15) is 0 Å². The number of aliphatic hydroxyl groups is 1. The van der Waals surface area contributed by atoms with Gasteiger partial charge in [0, 0.05) is 49.0 Å². The summed E-state index contributed by atoms with van der Waals surface area (Å²) in [7, 11) is 0. The van der Waals surface area contributed by atoms with E-state index in [2.05, 4.69) is 36.7 Å². The number of hydrogen-bond acceptors (Lipinski definition) is 5. The van der Waals surface area contributed by atoms with Crippen molar-refractivity contribution in [2.24, 2.45) is 11.3 Å². The Balaban J connectivity index is 1.46. The second-order valence-electron chi connectivity index (χ2n) is 12.6. The Bertz CT molecular complexity index is 1120. The van der Waals surface area contributed by atoms with Crippen molar-refractivity contribution >= 4 is 23.2 Å². The third-order valence-electron chi connectivity index (χ3n) is 8.59. The predicted molar refractivity (Wildman–Crippen MR) is 163 cm³/mol. The van der Waals surface area contributed by atoms with Crippen molar-refractivity contribution in [1.29, 1.82) is 0 Å². The third kappa shape index (κ3) is 8.07. The van der Waals surface area contributed by atoms with Crippen LogP contribution in [0.3, 0.4) is 0 Å². The SMILES string of the molecule is CCNc1cc(C(=O)NC(Cc2ccccc2)C(O)CNC2CCC(C(C)(C)C)CC2)cc(N2CCCC2=O)c1. The molecule has 7 heteroatoms. The lowest BCUT2D eigenvalue weighted by Gasteiger charge is -2.37. The maximum absolute atomic E-state index is 13.6. The van der Waals surface area contributed by atoms with Gasteiger partial charge in [-0.3, -0.25) is 9.59 Å². The van der Waals surface area contributed by atoms with Gasteiger partial charge < -0.3 is 26.0 Å². The van der Waals surface area contributed by atoms with E-state index in [4.69, 9.17) is 0 Å². The Kier molecular flexibility index (Phi) is 10.3. The van der Waals surface area contributed by atoms with Crippen LogP contribution in [0.1, 0.15) is 82.1 Å². The highest BCUT2D eigenvalue weighted by Crippen LogP contribution is 2.37. The molecule has 0 radical (unpaired) electrons. The van der Waals surface area contributed by atoms with E-state index in [0.29, 0.717) is 49.5 Å². The Morgan fingerprint density at radius 1 is 1.07 bits per heavy atom. The summed E-state index contributed by atoms with van der Waals surface area (Å²) in [4.78, 5) is 27.8. The molecule has 1 saturated carbocycles. The number of nitrogens with one attached hydrogen (secondary N) is 3. The Morgan fingerprint density at radius 2 is 1.80 bits per heavy atom. The predicted octanol–water partition coefficient (Wildman–Crippen LogP) is 5.14. The minimum atomic E-state index is -0.749. The summed E-state index contributed by atoms with van der Waals surface area (Å²) in [6, 6.07) is 15.4. The molecule has 1 aliphatic carbocycles. The highest BCUT2D eigenvalue weighted by Gasteiger charge is 2.31. The van der Waals surface area contributed by atoms with Crippen LogP contribution in [0.2, 0.25) is 0 Å². The molecule has 4 rings (SSSR count). The van der Waals surface area contributed by atoms with E-state index < -0.39 is 12.1 Å². The Hall–Kier alpha value is -2.90. The number of carbonyl (C=O) groups is 2. The lowest BCUT2D eigenvalue weighted by atomic mass is 9.71. The first-order valence-electron chi connectivity index (χ1n) is 15.1. The number of anilines is 2. The number of benzene rings is 2. The highest BCUT2D eigenvalue weighted by atomic mass is 16.3. The van der Waals surface area contributed by atoms with Gasteiger partial charge in [-0.25, -0.2) is 0 Å². The maximum atomic E-state index is 13.6. The van der Waals surface area contributed by atoms with Crippen molar-refractivity contribution in [2.45, 2.75) is 90.8 Å². The van der Waals surface area contributed by atoms with Crippen LogP contribution in [0.15, 0.2) is 48.5 Å². The summed E-state index contributed by atoms with van der Waals surface area (Å²) < 4.78 is 0. The van der Waals surface area contributed by atoms with Gasteiger partial charge in [-0.1, -0.05) is 51.1 Å². The summed E-state index contributed by atoms with van der Waals surface area (Å²) in [5.74, 6) is 0.567. The molecule has 2 amide bonds. The second kappa shape index (κ2) is 13.6. The number of aliphatic hydroxyl groups excluding tert-OH is 1. The van der Waals surface area contributed by atoms with Crippen LogP contribution in [-0.4, -0.2) is 54.7 Å². The fourth-order valence-electron chi connectivity index (χ4n) is 6.12. The summed E-state index contributed by atoms with van der Waals surface area (Å²) in [5.41, 5.74) is 3.41. The largest absolute Gasteiger partial charge is 0.390 e. The highest BCUT2D eigenvalue weighted by molar-refractivity contribution is 6.00. The molecule has 7 nitrogen and oxygen atoms in total. The van der Waals surface area contributed by atoms with Gasteiger partial charge in [-0.2, -0.15) is 0 Å². The molecule has 1 saturated heterocycles. The van der Waals surface area contributed by atoms with Crippen molar-refractivity contribution in [1.82, 2.24) is 10.6 Å². The van der Waals surface area contributed by atoms with E-state index in [0.717, 1.165) is 42.1 Å². The number of hydrogen-bond donors (Lipinski definition) is 4. The summed E-state index contributed by atoms with van der Waals surface area (Å²) in [6.07, 6.45) is 5.75. The van der Waals surface area contributed by atoms with Crippen LogP contribution >= 0.6 is 0 Å². The van der Waals surface area contributed by atoms with E-state index in [1.54, 1.807) is 11.0 Å². The molecule has 2 unspecified atom stereocenters. The van der Waals surface area contributed by atoms with Crippen LogP contribution in [0.4, 0.5) is 11.4 Å². The average molecular weight is 549 g/mol. The van der Waals surface area contributed by atoms with Crippen molar-refractivity contribution in [3.8, 4) is 0 Å². The first kappa shape index (κ1) is 30.1. The van der Waals surface area contributed by atoms with Crippen LogP contribution in [-0.2, 0) is 11.2 Å². The van der Waals surface area contributed by atoms with Gasteiger partial charge >= 0.3 is 0 Å². The molecule has 2 aromatic carbocycles. The molecule has 0 aromatic heterocycles. The number of amides is 2. The molecule has 0 bridgehead atoms. The second-order valence-corrected chi connectivity index (χ2v) is 12.6. The monoisotopic (exact) mass is 548 g/mol. The van der Waals surface area contributed by atoms with Gasteiger partial charge in [0.25, 0.3) is 5.91 Å². The van der Waals surface area contributed by atoms with Crippen molar-refractivity contribution in [3.05, 3.63) is 59.7 Å². The lowest BCUT2D eigenvalue weighted by Crippen LogP contribution is -2.50. The Morgan fingerprint density at radius 3 is 2.42 bits per heavy atom. The van der Waals surface area contributed by atoms with Crippen molar-refractivity contribution in [2.75, 3.05) is 29.9 Å². The lowest BCUT2D eigenvalue weighted by molar-refractivity contribution is -0.117. The first-order valence-corrected chi connectivity index (χ1v) is 15.1. The van der Waals surface area contributed by atoms with Crippen LogP contribution in [0.5, 0.6) is 0 Å². The molecule has 2 fully saturated rings. The summed E-state index contributed by atoms with van der Waals surface area (Å²) >= 11 is 0. The van der Waals surface area contributed by atoms with Crippen molar-refractivity contribution < 1.29 is 14.7 Å². The van der Waals surface area contributed by atoms with Gasteiger partial charge in [-0.05, 0) is 80.5 Å². The van der Waals surface area contributed by atoms with Gasteiger partial charge in [-0.15, -0.1) is 0 Å². The quantitative estimate of drug-likeness (QED) is 0.312. The third-order valence-corrected chi connectivity index (χ3v) is 8.59. The molecule has 1 aliphatic heterocycles. The number of nitrogens with zero attached hydrogens (tertiary/aromatic N) is 1. The standard InChI is InChI=1S/C33H48N4O3/c1-5-34-27-19-24(20-28(21-27)37-17-9-12-31(37)39)32(40)36-29(18-23-10-7-6-8-11-23)30(38)22-35-26-15-13-25(14-16-26)33(2,3)4/h6-8,10-11,19-21,25-26,29-30,34-35,38H,5,9,12-18,22H2,1-4H3,(H,36,40). The molecule has 2 atom stereocenters. The average Bonchev–Trinajstić information content (AvgIpc) is 3.37. The maximum Gasteiger partial charge on any atom is 0.251 e. The fourth-order valence-corrected chi connectivity index (χ4v) is 6.12. The van der Waals surface area contributed by atoms with Crippen LogP contribution in [0.25, 0.3) is 0 Å². The zero-order chi connectivity index (χ0) is 28.7. The van der Waals surface area contributed by atoms with E-state index >= 15 is 0 Å². The fraction of sp³-hybridized carbons (Fsp3) is 0.576. The van der Waals surface area contributed by atoms with E-state index in [9.17, 15) is 14.7 Å². The van der Waals surface area contributed by atoms with Gasteiger partial charge in [0.15, 0.2) is 0 Å². The van der Waals surface area contributed by atoms with Crippen LogP contribution < -0.4 is 20.9 Å². The number of rotatable bonds is 11. The zero-order valence-corrected chi connectivity index (χ0v) is 24.7. The van der Waals surface area contributed by atoms with E-state index in [1.807, 2.05) is 49.4 Å². The molecule has 40 heavy (non-hydrogen) atoms. The first-order chi connectivity index (χ1) is 19.1. The molecule has 4 N–H and O–H groups in total. The van der Waals surface area contributed by atoms with Crippen LogP contribution in [0, 0.1) is 11.3 Å². The molecular weight excluding hydrogens is 500 g/mol. The number of carbonyl (C=O) groups excluding carboxylic acids is 2. The molecule has 218 valence electrons. The Labute approximate surface area is 240 Å². The topological polar surface area (TPSA) is 93.7 Å². The minimum Gasteiger partial charge on any atom is -0.390 e. The van der Waals surface area contributed by atoms with Crippen molar-refractivity contribution in [3.63, 3.8) is 0 Å².